The van der Waals surface area contributed by atoms with E-state index in [1.807, 2.05) is 38.1 Å². The second kappa shape index (κ2) is 6.43. The van der Waals surface area contributed by atoms with Gasteiger partial charge in [0.05, 0.1) is 0 Å². The van der Waals surface area contributed by atoms with Gasteiger partial charge in [-0.3, -0.25) is 4.79 Å². The average Bonchev–Trinajstić information content (AvgIpc) is 2.36. The lowest BCUT2D eigenvalue weighted by Crippen LogP contribution is -2.42. The number of carbonyl (C=O) groups is 1. The molecule has 0 bridgehead atoms. The van der Waals surface area contributed by atoms with Gasteiger partial charge in [0.15, 0.2) is 0 Å². The third-order valence-corrected chi connectivity index (χ3v) is 3.06. The lowest BCUT2D eigenvalue weighted by Gasteiger charge is -2.24. The summed E-state index contributed by atoms with van der Waals surface area (Å²) in [6.07, 6.45) is 2.00. The Morgan fingerprint density at radius 2 is 1.78 bits per heavy atom. The molecule has 1 aromatic carbocycles. The van der Waals surface area contributed by atoms with Gasteiger partial charge >= 0.3 is 0 Å². The smallest absolute Gasteiger partial charge is 0.251 e. The fourth-order valence-corrected chi connectivity index (χ4v) is 1.48. The van der Waals surface area contributed by atoms with Crippen LogP contribution in [-0.2, 0) is 0 Å². The molecule has 100 valence electrons. The number of nitrogens with one attached hydrogen (secondary N) is 2. The van der Waals surface area contributed by atoms with Crippen molar-refractivity contribution >= 4 is 11.6 Å². The van der Waals surface area contributed by atoms with Gasteiger partial charge in [0.1, 0.15) is 0 Å². The van der Waals surface area contributed by atoms with Crippen molar-refractivity contribution in [2.75, 3.05) is 11.9 Å². The standard InChI is InChI=1S/C15H24N2O/c1-5-11-16-13-9-7-12(8-10-13)14(18)17-15(3,4)6-2/h7-10,16H,5-6,11H2,1-4H3,(H,17,18). The van der Waals surface area contributed by atoms with E-state index in [0.29, 0.717) is 5.56 Å². The molecule has 0 unspecified atom stereocenters. The van der Waals surface area contributed by atoms with Gasteiger partial charge < -0.3 is 10.6 Å². The highest BCUT2D eigenvalue weighted by atomic mass is 16.1. The first-order chi connectivity index (χ1) is 8.48. The molecule has 0 saturated heterocycles. The monoisotopic (exact) mass is 248 g/mol. The van der Waals surface area contributed by atoms with Gasteiger partial charge in [-0.15, -0.1) is 0 Å². The molecule has 1 rings (SSSR count). The zero-order chi connectivity index (χ0) is 13.6. The predicted octanol–water partition coefficient (Wildman–Crippen LogP) is 3.43. The van der Waals surface area contributed by atoms with E-state index in [1.54, 1.807) is 0 Å². The van der Waals surface area contributed by atoms with Crippen LogP contribution < -0.4 is 10.6 Å². The molecular formula is C15H24N2O. The minimum atomic E-state index is -0.157. The van der Waals surface area contributed by atoms with Gasteiger partial charge in [0, 0.05) is 23.3 Å². The Hall–Kier alpha value is -1.51. The van der Waals surface area contributed by atoms with Crippen LogP contribution in [0.1, 0.15) is 50.9 Å². The zero-order valence-corrected chi connectivity index (χ0v) is 11.8. The summed E-state index contributed by atoms with van der Waals surface area (Å²) < 4.78 is 0. The van der Waals surface area contributed by atoms with Crippen LogP contribution in [0.25, 0.3) is 0 Å². The number of amides is 1. The predicted molar refractivity (Wildman–Crippen MR) is 77.1 cm³/mol. The Bertz CT molecular complexity index is 382. The molecule has 0 aromatic heterocycles. The molecule has 18 heavy (non-hydrogen) atoms. The highest BCUT2D eigenvalue weighted by molar-refractivity contribution is 5.94. The molecule has 0 saturated carbocycles. The van der Waals surface area contributed by atoms with E-state index in [4.69, 9.17) is 0 Å². The van der Waals surface area contributed by atoms with Crippen molar-refractivity contribution < 1.29 is 4.79 Å². The maximum Gasteiger partial charge on any atom is 0.251 e. The fraction of sp³-hybridized carbons (Fsp3) is 0.533. The normalized spacial score (nSPS) is 11.1. The van der Waals surface area contributed by atoms with Gasteiger partial charge in [-0.25, -0.2) is 0 Å². The second-order valence-corrected chi connectivity index (χ2v) is 5.20. The zero-order valence-electron chi connectivity index (χ0n) is 11.8. The van der Waals surface area contributed by atoms with E-state index >= 15 is 0 Å². The molecule has 0 fully saturated rings. The van der Waals surface area contributed by atoms with E-state index in [1.165, 1.54) is 0 Å². The van der Waals surface area contributed by atoms with Crippen molar-refractivity contribution in [3.63, 3.8) is 0 Å². The summed E-state index contributed by atoms with van der Waals surface area (Å²) in [7, 11) is 0. The lowest BCUT2D eigenvalue weighted by atomic mass is 10.0. The van der Waals surface area contributed by atoms with Crippen molar-refractivity contribution in [1.82, 2.24) is 5.32 Å². The number of hydrogen-bond acceptors (Lipinski definition) is 2. The molecule has 3 heteroatoms. The molecule has 2 N–H and O–H groups in total. The lowest BCUT2D eigenvalue weighted by molar-refractivity contribution is 0.0911. The largest absolute Gasteiger partial charge is 0.385 e. The summed E-state index contributed by atoms with van der Waals surface area (Å²) in [5.74, 6) is -0.0103. The molecule has 0 radical (unpaired) electrons. The van der Waals surface area contributed by atoms with Gasteiger partial charge in [-0.1, -0.05) is 13.8 Å². The van der Waals surface area contributed by atoms with Crippen LogP contribution in [0.3, 0.4) is 0 Å². The second-order valence-electron chi connectivity index (χ2n) is 5.20. The first-order valence-corrected chi connectivity index (χ1v) is 6.65. The van der Waals surface area contributed by atoms with Crippen LogP contribution in [0.2, 0.25) is 0 Å². The fourth-order valence-electron chi connectivity index (χ4n) is 1.48. The van der Waals surface area contributed by atoms with E-state index in [2.05, 4.69) is 24.5 Å². The first-order valence-electron chi connectivity index (χ1n) is 6.65. The molecular weight excluding hydrogens is 224 g/mol. The third-order valence-electron chi connectivity index (χ3n) is 3.06. The SMILES string of the molecule is CCCNc1ccc(C(=O)NC(C)(C)CC)cc1. The van der Waals surface area contributed by atoms with Crippen LogP contribution in [-0.4, -0.2) is 18.0 Å². The molecule has 0 heterocycles. The highest BCUT2D eigenvalue weighted by Crippen LogP contribution is 2.12. The Morgan fingerprint density at radius 1 is 1.17 bits per heavy atom. The van der Waals surface area contributed by atoms with Gasteiger partial charge in [0.2, 0.25) is 0 Å². The average molecular weight is 248 g/mol. The Balaban J connectivity index is 2.64. The van der Waals surface area contributed by atoms with Gasteiger partial charge in [0.25, 0.3) is 5.91 Å². The summed E-state index contributed by atoms with van der Waals surface area (Å²) in [6, 6.07) is 7.62. The molecule has 1 aromatic rings. The Morgan fingerprint density at radius 3 is 2.28 bits per heavy atom. The van der Waals surface area contributed by atoms with Crippen LogP contribution in [0.15, 0.2) is 24.3 Å². The van der Waals surface area contributed by atoms with Crippen molar-refractivity contribution in [3.05, 3.63) is 29.8 Å². The van der Waals surface area contributed by atoms with Crippen LogP contribution >= 0.6 is 0 Å². The van der Waals surface area contributed by atoms with Crippen molar-refractivity contribution in [2.45, 2.75) is 46.1 Å². The minimum Gasteiger partial charge on any atom is -0.385 e. The topological polar surface area (TPSA) is 41.1 Å². The third kappa shape index (κ3) is 4.40. The molecule has 0 aliphatic heterocycles. The number of benzene rings is 1. The van der Waals surface area contributed by atoms with Crippen LogP contribution in [0.5, 0.6) is 0 Å². The number of hydrogen-bond donors (Lipinski definition) is 2. The molecule has 0 spiro atoms. The quantitative estimate of drug-likeness (QED) is 0.810. The van der Waals surface area contributed by atoms with Gasteiger partial charge in [-0.05, 0) is 51.0 Å². The van der Waals surface area contributed by atoms with Crippen LogP contribution in [0.4, 0.5) is 5.69 Å². The maximum atomic E-state index is 12.0. The molecule has 1 amide bonds. The molecule has 0 atom stereocenters. The highest BCUT2D eigenvalue weighted by Gasteiger charge is 2.18. The summed E-state index contributed by atoms with van der Waals surface area (Å²) in [4.78, 5) is 12.0. The van der Waals surface area contributed by atoms with Crippen molar-refractivity contribution in [1.29, 1.82) is 0 Å². The van der Waals surface area contributed by atoms with E-state index in [0.717, 1.165) is 25.1 Å². The summed E-state index contributed by atoms with van der Waals surface area (Å²) in [5, 5.41) is 6.31. The van der Waals surface area contributed by atoms with E-state index in [-0.39, 0.29) is 11.4 Å². The molecule has 0 aliphatic rings. The van der Waals surface area contributed by atoms with E-state index in [9.17, 15) is 4.79 Å². The van der Waals surface area contributed by atoms with Crippen molar-refractivity contribution in [2.24, 2.45) is 0 Å². The Kier molecular flexibility index (Phi) is 5.20. The summed E-state index contributed by atoms with van der Waals surface area (Å²) >= 11 is 0. The number of rotatable bonds is 6. The summed E-state index contributed by atoms with van der Waals surface area (Å²) in [6.45, 7) is 9.21. The van der Waals surface area contributed by atoms with Crippen molar-refractivity contribution in [3.8, 4) is 0 Å². The Labute approximate surface area is 110 Å². The summed E-state index contributed by atoms with van der Waals surface area (Å²) in [5.41, 5.74) is 1.61. The van der Waals surface area contributed by atoms with Gasteiger partial charge in [-0.2, -0.15) is 0 Å². The van der Waals surface area contributed by atoms with Crippen LogP contribution in [0, 0.1) is 0 Å². The number of carbonyl (C=O) groups excluding carboxylic acids is 1. The number of anilines is 1. The maximum absolute atomic E-state index is 12.0. The minimum absolute atomic E-state index is 0.0103. The first kappa shape index (κ1) is 14.6. The molecule has 3 nitrogen and oxygen atoms in total. The van der Waals surface area contributed by atoms with E-state index < -0.39 is 0 Å². The molecule has 0 aliphatic carbocycles.